The average molecular weight is 200 g/mol. The number of nitrogens with two attached hydrogens (primary N) is 1. The first kappa shape index (κ1) is 8.53. The third kappa shape index (κ3) is 1.23. The molecule has 0 spiro atoms. The van der Waals surface area contributed by atoms with E-state index in [4.69, 9.17) is 10.5 Å². The summed E-state index contributed by atoms with van der Waals surface area (Å²) >= 11 is 0. The second-order valence-corrected chi connectivity index (χ2v) is 3.98. The molecule has 2 heterocycles. The standard InChI is InChI=1S/C12H12N2O/c1-7-2-4-9-10-6-8(13)3-5-11(10)15-12(9)14-7/h2-6,10-11H,13H2,1H3. The molecule has 3 nitrogen and oxygen atoms in total. The highest BCUT2D eigenvalue weighted by Gasteiger charge is 2.33. The Morgan fingerprint density at radius 2 is 2.27 bits per heavy atom. The van der Waals surface area contributed by atoms with Gasteiger partial charge in [-0.05, 0) is 31.2 Å². The van der Waals surface area contributed by atoms with Crippen molar-refractivity contribution in [1.29, 1.82) is 0 Å². The molecule has 3 heteroatoms. The average Bonchev–Trinajstić information content (AvgIpc) is 2.54. The summed E-state index contributed by atoms with van der Waals surface area (Å²) < 4.78 is 5.74. The third-order valence-electron chi connectivity index (χ3n) is 2.84. The molecule has 1 aromatic heterocycles. The summed E-state index contributed by atoms with van der Waals surface area (Å²) in [6.07, 6.45) is 5.99. The quantitative estimate of drug-likeness (QED) is 0.692. The van der Waals surface area contributed by atoms with Gasteiger partial charge in [0.1, 0.15) is 6.10 Å². The van der Waals surface area contributed by atoms with Crippen molar-refractivity contribution in [2.75, 3.05) is 0 Å². The first-order chi connectivity index (χ1) is 7.24. The lowest BCUT2D eigenvalue weighted by atomic mass is 9.92. The molecule has 1 aromatic rings. The van der Waals surface area contributed by atoms with Crippen LogP contribution in [0.1, 0.15) is 17.2 Å². The molecule has 0 radical (unpaired) electrons. The van der Waals surface area contributed by atoms with Crippen LogP contribution in [0.3, 0.4) is 0 Å². The SMILES string of the molecule is Cc1ccc2c(n1)OC1C=CC(N)=CC21. The molecule has 0 saturated heterocycles. The van der Waals surface area contributed by atoms with Crippen LogP contribution in [0.4, 0.5) is 0 Å². The van der Waals surface area contributed by atoms with Gasteiger partial charge in [0.25, 0.3) is 0 Å². The first-order valence-corrected chi connectivity index (χ1v) is 5.04. The van der Waals surface area contributed by atoms with Gasteiger partial charge in [0.2, 0.25) is 5.88 Å². The summed E-state index contributed by atoms with van der Waals surface area (Å²) in [6, 6.07) is 4.08. The van der Waals surface area contributed by atoms with Gasteiger partial charge in [0, 0.05) is 17.0 Å². The van der Waals surface area contributed by atoms with Crippen molar-refractivity contribution in [3.05, 3.63) is 47.3 Å². The molecule has 0 saturated carbocycles. The molecule has 2 aliphatic rings. The Balaban J connectivity index is 2.10. The number of hydrogen-bond donors (Lipinski definition) is 1. The van der Waals surface area contributed by atoms with Crippen molar-refractivity contribution in [2.45, 2.75) is 18.9 Å². The number of allylic oxidation sites excluding steroid dienone is 1. The van der Waals surface area contributed by atoms with Crippen molar-refractivity contribution >= 4 is 0 Å². The molecule has 0 bridgehead atoms. The lowest BCUT2D eigenvalue weighted by molar-refractivity contribution is 0.259. The van der Waals surface area contributed by atoms with Crippen LogP contribution in [0, 0.1) is 6.92 Å². The van der Waals surface area contributed by atoms with Gasteiger partial charge in [-0.2, -0.15) is 0 Å². The highest BCUT2D eigenvalue weighted by atomic mass is 16.5. The highest BCUT2D eigenvalue weighted by molar-refractivity contribution is 5.44. The van der Waals surface area contributed by atoms with E-state index in [9.17, 15) is 0 Å². The van der Waals surface area contributed by atoms with E-state index in [1.54, 1.807) is 0 Å². The topological polar surface area (TPSA) is 48.1 Å². The van der Waals surface area contributed by atoms with Crippen molar-refractivity contribution in [1.82, 2.24) is 4.98 Å². The van der Waals surface area contributed by atoms with Crippen LogP contribution in [-0.2, 0) is 0 Å². The normalized spacial score (nSPS) is 26.6. The minimum absolute atomic E-state index is 0.0709. The Hall–Kier alpha value is -1.77. The summed E-state index contributed by atoms with van der Waals surface area (Å²) in [5.74, 6) is 0.985. The summed E-state index contributed by atoms with van der Waals surface area (Å²) in [4.78, 5) is 4.38. The second kappa shape index (κ2) is 2.86. The predicted molar refractivity (Wildman–Crippen MR) is 57.5 cm³/mol. The third-order valence-corrected chi connectivity index (χ3v) is 2.84. The molecule has 0 aromatic carbocycles. The maximum absolute atomic E-state index is 5.78. The van der Waals surface area contributed by atoms with Crippen LogP contribution in [0.5, 0.6) is 5.88 Å². The van der Waals surface area contributed by atoms with Crippen LogP contribution in [0.25, 0.3) is 0 Å². The van der Waals surface area contributed by atoms with Gasteiger partial charge in [-0.3, -0.25) is 0 Å². The van der Waals surface area contributed by atoms with Crippen LogP contribution in [0.2, 0.25) is 0 Å². The molecule has 0 fully saturated rings. The Morgan fingerprint density at radius 3 is 3.13 bits per heavy atom. The smallest absolute Gasteiger partial charge is 0.218 e. The maximum atomic E-state index is 5.78. The van der Waals surface area contributed by atoms with E-state index in [0.29, 0.717) is 0 Å². The molecule has 2 N–H and O–H groups in total. The second-order valence-electron chi connectivity index (χ2n) is 3.98. The van der Waals surface area contributed by atoms with E-state index >= 15 is 0 Å². The molecule has 2 unspecified atom stereocenters. The fraction of sp³-hybridized carbons (Fsp3) is 0.250. The van der Waals surface area contributed by atoms with Gasteiger partial charge in [-0.25, -0.2) is 4.98 Å². The Kier molecular flexibility index (Phi) is 1.63. The van der Waals surface area contributed by atoms with Gasteiger partial charge in [-0.1, -0.05) is 6.07 Å². The number of pyridine rings is 1. The molecule has 76 valence electrons. The molecule has 0 amide bonds. The summed E-state index contributed by atoms with van der Waals surface area (Å²) in [6.45, 7) is 1.96. The van der Waals surface area contributed by atoms with Crippen LogP contribution in [0.15, 0.2) is 36.1 Å². The number of fused-ring (bicyclic) bond motifs is 3. The van der Waals surface area contributed by atoms with Crippen molar-refractivity contribution in [3.63, 3.8) is 0 Å². The van der Waals surface area contributed by atoms with E-state index < -0.39 is 0 Å². The van der Waals surface area contributed by atoms with Crippen molar-refractivity contribution < 1.29 is 4.74 Å². The molecule has 1 aliphatic heterocycles. The van der Waals surface area contributed by atoms with E-state index in [0.717, 1.165) is 22.8 Å². The van der Waals surface area contributed by atoms with E-state index in [1.807, 2.05) is 31.2 Å². The van der Waals surface area contributed by atoms with Crippen LogP contribution < -0.4 is 10.5 Å². The largest absolute Gasteiger partial charge is 0.469 e. The summed E-state index contributed by atoms with van der Waals surface area (Å²) in [5, 5.41) is 0. The minimum Gasteiger partial charge on any atom is -0.469 e. The fourth-order valence-electron chi connectivity index (χ4n) is 2.08. The first-order valence-electron chi connectivity index (χ1n) is 5.04. The van der Waals surface area contributed by atoms with E-state index in [-0.39, 0.29) is 12.0 Å². The fourth-order valence-corrected chi connectivity index (χ4v) is 2.08. The van der Waals surface area contributed by atoms with E-state index in [1.165, 1.54) is 0 Å². The number of hydrogen-bond acceptors (Lipinski definition) is 3. The molecule has 2 atom stereocenters. The van der Waals surface area contributed by atoms with Gasteiger partial charge in [-0.15, -0.1) is 0 Å². The van der Waals surface area contributed by atoms with Crippen molar-refractivity contribution in [3.8, 4) is 5.88 Å². The number of ether oxygens (including phenoxy) is 1. The predicted octanol–water partition coefficient (Wildman–Crippen LogP) is 1.65. The molecule has 15 heavy (non-hydrogen) atoms. The lowest BCUT2D eigenvalue weighted by Crippen LogP contribution is -2.18. The van der Waals surface area contributed by atoms with Gasteiger partial charge in [0.05, 0.1) is 5.92 Å². The Morgan fingerprint density at radius 1 is 1.40 bits per heavy atom. The molecule has 3 rings (SSSR count). The van der Waals surface area contributed by atoms with E-state index in [2.05, 4.69) is 11.1 Å². The van der Waals surface area contributed by atoms with Gasteiger partial charge >= 0.3 is 0 Å². The zero-order valence-electron chi connectivity index (χ0n) is 8.47. The summed E-state index contributed by atoms with van der Waals surface area (Å²) in [7, 11) is 0. The molecular formula is C12H12N2O. The minimum atomic E-state index is 0.0709. The summed E-state index contributed by atoms with van der Waals surface area (Å²) in [5.41, 5.74) is 8.69. The number of rotatable bonds is 0. The maximum Gasteiger partial charge on any atom is 0.218 e. The number of aromatic nitrogens is 1. The molecule has 1 aliphatic carbocycles. The Labute approximate surface area is 88.3 Å². The van der Waals surface area contributed by atoms with Crippen LogP contribution >= 0.6 is 0 Å². The van der Waals surface area contributed by atoms with Gasteiger partial charge in [0.15, 0.2) is 0 Å². The highest BCUT2D eigenvalue weighted by Crippen LogP contribution is 2.40. The van der Waals surface area contributed by atoms with Crippen molar-refractivity contribution in [2.24, 2.45) is 5.73 Å². The lowest BCUT2D eigenvalue weighted by Gasteiger charge is -2.15. The zero-order chi connectivity index (χ0) is 10.4. The molecular weight excluding hydrogens is 188 g/mol. The zero-order valence-corrected chi connectivity index (χ0v) is 8.47. The monoisotopic (exact) mass is 200 g/mol. The Bertz CT molecular complexity index is 477. The number of nitrogens with zero attached hydrogens (tertiary/aromatic N) is 1. The van der Waals surface area contributed by atoms with Crippen LogP contribution in [-0.4, -0.2) is 11.1 Å². The van der Waals surface area contributed by atoms with Gasteiger partial charge < -0.3 is 10.5 Å². The number of aryl methyl sites for hydroxylation is 1.